The molecule has 0 radical (unpaired) electrons. The van der Waals surface area contributed by atoms with Gasteiger partial charge in [0.1, 0.15) is 6.61 Å². The number of nitro groups is 1. The SMILES string of the molecule is C=CC(=O)OCCN(CC)c1ccc(N)cc1.Nc1ccc([N+](=O)[O-])cc1Cl. The maximum Gasteiger partial charge on any atom is 0.330 e. The number of nitrogen functional groups attached to an aromatic ring is 2. The van der Waals surface area contributed by atoms with Gasteiger partial charge < -0.3 is 21.1 Å². The molecule has 0 fully saturated rings. The summed E-state index contributed by atoms with van der Waals surface area (Å²) in [5.74, 6) is -0.390. The first-order valence-corrected chi connectivity index (χ1v) is 8.75. The van der Waals surface area contributed by atoms with Crippen molar-refractivity contribution in [3.8, 4) is 0 Å². The number of anilines is 3. The van der Waals surface area contributed by atoms with E-state index < -0.39 is 10.9 Å². The van der Waals surface area contributed by atoms with E-state index in [2.05, 4.69) is 11.5 Å². The molecule has 9 heteroatoms. The summed E-state index contributed by atoms with van der Waals surface area (Å²) >= 11 is 5.53. The Hall–Kier alpha value is -3.26. The first kappa shape index (κ1) is 22.8. The molecule has 28 heavy (non-hydrogen) atoms. The van der Waals surface area contributed by atoms with Crippen LogP contribution in [0.2, 0.25) is 5.02 Å². The van der Waals surface area contributed by atoms with Crippen LogP contribution in [-0.2, 0) is 9.53 Å². The number of nitro benzene ring substituents is 1. The molecule has 0 heterocycles. The molecule has 0 aromatic heterocycles. The van der Waals surface area contributed by atoms with Crippen molar-refractivity contribution in [2.24, 2.45) is 0 Å². The minimum Gasteiger partial charge on any atom is -0.461 e. The van der Waals surface area contributed by atoms with Crippen LogP contribution in [0.15, 0.2) is 55.1 Å². The highest BCUT2D eigenvalue weighted by molar-refractivity contribution is 6.33. The van der Waals surface area contributed by atoms with Gasteiger partial charge in [0, 0.05) is 36.1 Å². The second-order valence-corrected chi connectivity index (χ2v) is 5.91. The fourth-order valence-electron chi connectivity index (χ4n) is 2.10. The van der Waals surface area contributed by atoms with Crippen LogP contribution in [0.3, 0.4) is 0 Å². The van der Waals surface area contributed by atoms with E-state index >= 15 is 0 Å². The number of ether oxygens (including phenoxy) is 1. The number of esters is 1. The predicted octanol–water partition coefficient (Wildman–Crippen LogP) is 3.65. The Balaban J connectivity index is 0.000000307. The molecule has 0 aliphatic rings. The standard InChI is InChI=1S/C13H18N2O2.C6H5ClN2O2/c1-3-13(16)17-10-9-15(4-2)12-7-5-11(14)6-8-12;7-5-3-4(9(10)11)1-2-6(5)8/h3,5-8H,1,4,9-10,14H2,2H3;1-3H,8H2. The fraction of sp³-hybridized carbons (Fsp3) is 0.211. The highest BCUT2D eigenvalue weighted by atomic mass is 35.5. The summed E-state index contributed by atoms with van der Waals surface area (Å²) < 4.78 is 4.95. The lowest BCUT2D eigenvalue weighted by atomic mass is 10.2. The molecule has 2 rings (SSSR count). The van der Waals surface area contributed by atoms with Gasteiger partial charge in [-0.1, -0.05) is 18.2 Å². The van der Waals surface area contributed by atoms with Gasteiger partial charge in [-0.3, -0.25) is 10.1 Å². The Morgan fingerprint density at radius 3 is 2.43 bits per heavy atom. The van der Waals surface area contributed by atoms with Crippen LogP contribution in [0.4, 0.5) is 22.7 Å². The Kier molecular flexibility index (Phi) is 9.32. The van der Waals surface area contributed by atoms with Gasteiger partial charge in [0.2, 0.25) is 0 Å². The fourth-order valence-corrected chi connectivity index (χ4v) is 2.27. The van der Waals surface area contributed by atoms with E-state index in [0.717, 1.165) is 17.9 Å². The van der Waals surface area contributed by atoms with Gasteiger partial charge in [-0.05, 0) is 37.3 Å². The van der Waals surface area contributed by atoms with Crippen LogP contribution in [-0.4, -0.2) is 30.6 Å². The molecule has 0 amide bonds. The van der Waals surface area contributed by atoms with Crippen LogP contribution < -0.4 is 16.4 Å². The van der Waals surface area contributed by atoms with Crippen LogP contribution >= 0.6 is 11.6 Å². The van der Waals surface area contributed by atoms with Crippen molar-refractivity contribution in [1.82, 2.24) is 0 Å². The molecule has 0 saturated carbocycles. The van der Waals surface area contributed by atoms with Crippen molar-refractivity contribution in [2.75, 3.05) is 36.1 Å². The van der Waals surface area contributed by atoms with Gasteiger partial charge in [-0.25, -0.2) is 4.79 Å². The molecule has 0 atom stereocenters. The number of non-ortho nitro benzene ring substituents is 1. The van der Waals surface area contributed by atoms with Crippen LogP contribution in [0.5, 0.6) is 0 Å². The third-order valence-corrected chi connectivity index (χ3v) is 3.93. The maximum atomic E-state index is 10.9. The molecule has 150 valence electrons. The molecule has 2 aromatic rings. The Morgan fingerprint density at radius 1 is 1.29 bits per heavy atom. The highest BCUT2D eigenvalue weighted by Crippen LogP contribution is 2.23. The second-order valence-electron chi connectivity index (χ2n) is 5.51. The Morgan fingerprint density at radius 2 is 1.93 bits per heavy atom. The van der Waals surface area contributed by atoms with E-state index in [-0.39, 0.29) is 10.7 Å². The number of halogens is 1. The summed E-state index contributed by atoms with van der Waals surface area (Å²) in [4.78, 5) is 22.6. The summed E-state index contributed by atoms with van der Waals surface area (Å²) in [5.41, 5.74) is 13.1. The van der Waals surface area contributed by atoms with E-state index in [9.17, 15) is 14.9 Å². The number of carbonyl (C=O) groups is 1. The average Bonchev–Trinajstić information content (AvgIpc) is 2.68. The lowest BCUT2D eigenvalue weighted by Gasteiger charge is -2.22. The third-order valence-electron chi connectivity index (χ3n) is 3.61. The van der Waals surface area contributed by atoms with Crippen LogP contribution in [0.25, 0.3) is 0 Å². The van der Waals surface area contributed by atoms with Gasteiger partial charge in [0.05, 0.1) is 22.2 Å². The molecule has 0 aliphatic carbocycles. The van der Waals surface area contributed by atoms with Gasteiger partial charge in [0.25, 0.3) is 5.69 Å². The number of hydrogen-bond donors (Lipinski definition) is 2. The largest absolute Gasteiger partial charge is 0.461 e. The monoisotopic (exact) mass is 406 g/mol. The number of rotatable bonds is 7. The van der Waals surface area contributed by atoms with Crippen LogP contribution in [0.1, 0.15) is 6.92 Å². The number of nitrogens with two attached hydrogens (primary N) is 2. The first-order chi connectivity index (χ1) is 13.3. The molecule has 0 bridgehead atoms. The summed E-state index contributed by atoms with van der Waals surface area (Å²) in [7, 11) is 0. The topological polar surface area (TPSA) is 125 Å². The van der Waals surface area contributed by atoms with E-state index in [1.807, 2.05) is 31.2 Å². The molecule has 0 saturated heterocycles. The van der Waals surface area contributed by atoms with Gasteiger partial charge >= 0.3 is 5.97 Å². The van der Waals surface area contributed by atoms with Gasteiger partial charge in [0.15, 0.2) is 0 Å². The quantitative estimate of drug-likeness (QED) is 0.236. The minimum atomic E-state index is -0.522. The zero-order chi connectivity index (χ0) is 21.1. The summed E-state index contributed by atoms with van der Waals surface area (Å²) in [6, 6.07) is 11.5. The van der Waals surface area contributed by atoms with Crippen molar-refractivity contribution in [3.63, 3.8) is 0 Å². The highest BCUT2D eigenvalue weighted by Gasteiger charge is 2.06. The van der Waals surface area contributed by atoms with Gasteiger partial charge in [-0.2, -0.15) is 0 Å². The van der Waals surface area contributed by atoms with E-state index in [1.165, 1.54) is 24.3 Å². The number of benzene rings is 2. The average molecular weight is 407 g/mol. The molecule has 0 unspecified atom stereocenters. The Bertz CT molecular complexity index is 812. The van der Waals surface area contributed by atoms with Gasteiger partial charge in [-0.15, -0.1) is 0 Å². The zero-order valence-corrected chi connectivity index (χ0v) is 16.3. The summed E-state index contributed by atoms with van der Waals surface area (Å²) in [5, 5.41) is 10.4. The smallest absolute Gasteiger partial charge is 0.330 e. The number of nitrogens with zero attached hydrogens (tertiary/aromatic N) is 2. The third kappa shape index (κ3) is 7.55. The van der Waals surface area contributed by atoms with E-state index in [4.69, 9.17) is 27.8 Å². The number of hydrogen-bond acceptors (Lipinski definition) is 7. The van der Waals surface area contributed by atoms with E-state index in [1.54, 1.807) is 0 Å². The molecule has 8 nitrogen and oxygen atoms in total. The first-order valence-electron chi connectivity index (χ1n) is 8.37. The maximum absolute atomic E-state index is 10.9. The number of carbonyl (C=O) groups excluding carboxylic acids is 1. The summed E-state index contributed by atoms with van der Waals surface area (Å²) in [6.07, 6.45) is 1.17. The lowest BCUT2D eigenvalue weighted by molar-refractivity contribution is -0.384. The zero-order valence-electron chi connectivity index (χ0n) is 15.5. The normalized spacial score (nSPS) is 9.64. The minimum absolute atomic E-state index is 0.0517. The second kappa shape index (κ2) is 11.5. The molecule has 2 aromatic carbocycles. The lowest BCUT2D eigenvalue weighted by Crippen LogP contribution is -2.27. The van der Waals surface area contributed by atoms with Crippen molar-refractivity contribution in [3.05, 3.63) is 70.3 Å². The van der Waals surface area contributed by atoms with Crippen molar-refractivity contribution in [2.45, 2.75) is 6.92 Å². The van der Waals surface area contributed by atoms with Crippen LogP contribution in [0, 0.1) is 10.1 Å². The molecular formula is C19H23ClN4O4. The van der Waals surface area contributed by atoms with Crippen molar-refractivity contribution in [1.29, 1.82) is 0 Å². The molecule has 0 aliphatic heterocycles. The van der Waals surface area contributed by atoms with Crippen molar-refractivity contribution < 1.29 is 14.5 Å². The molecule has 0 spiro atoms. The van der Waals surface area contributed by atoms with Crippen molar-refractivity contribution >= 4 is 40.3 Å². The Labute approximate surface area is 168 Å². The number of likely N-dealkylation sites (N-methyl/N-ethyl adjacent to an activating group) is 1. The predicted molar refractivity (Wildman–Crippen MR) is 112 cm³/mol. The van der Waals surface area contributed by atoms with E-state index in [0.29, 0.717) is 18.8 Å². The summed E-state index contributed by atoms with van der Waals surface area (Å²) in [6.45, 7) is 7.24. The molecule has 4 N–H and O–H groups in total. The molecular weight excluding hydrogens is 384 g/mol.